The summed E-state index contributed by atoms with van der Waals surface area (Å²) < 4.78 is 13.2. The van der Waals surface area contributed by atoms with E-state index >= 15 is 0 Å². The van der Waals surface area contributed by atoms with E-state index in [2.05, 4.69) is 91.8 Å². The van der Waals surface area contributed by atoms with Gasteiger partial charge in [-0.15, -0.1) is 0 Å². The second-order valence-electron chi connectivity index (χ2n) is 16.3. The number of nitrogens with zero attached hydrogens (tertiary/aromatic N) is 2. The summed E-state index contributed by atoms with van der Waals surface area (Å²) in [7, 11) is 0. The van der Waals surface area contributed by atoms with Crippen molar-refractivity contribution in [3.05, 3.63) is 58.7 Å². The number of unbranched alkanes of at least 4 members (excludes halogenated alkanes) is 6. The van der Waals surface area contributed by atoms with Crippen LogP contribution in [0.2, 0.25) is 68.1 Å². The van der Waals surface area contributed by atoms with Crippen molar-refractivity contribution in [2.24, 2.45) is 9.98 Å². The van der Waals surface area contributed by atoms with Gasteiger partial charge in [0, 0.05) is 0 Å². The quantitative estimate of drug-likeness (QED) is 0.0511. The standard InChI is InChI=1S/C37H62Ge4N2O4/c1-38(2,3)46-40(7,8)25-17-13-11-15-19-34-28-32(21-23-36(34)42-30-44)27-33-22-24-37(43-31-45)35(29-33)20-16-12-14-18-26-41(9,10)47-39(4,5)6/h21-24,28-29H,11-20,25-27H2,1-10H3. The van der Waals surface area contributed by atoms with Gasteiger partial charge in [-0.2, -0.15) is 0 Å². The Labute approximate surface area is 298 Å². The summed E-state index contributed by atoms with van der Waals surface area (Å²) in [6, 6.07) is 12.4. The van der Waals surface area contributed by atoms with Gasteiger partial charge in [0.15, 0.2) is 0 Å². The van der Waals surface area contributed by atoms with E-state index in [0.717, 1.165) is 54.6 Å². The van der Waals surface area contributed by atoms with Gasteiger partial charge < -0.3 is 0 Å². The van der Waals surface area contributed by atoms with Crippen LogP contribution in [0.3, 0.4) is 0 Å². The normalized spacial score (nSPS) is 12.5. The first-order chi connectivity index (χ1) is 21.9. The van der Waals surface area contributed by atoms with Crippen LogP contribution in [-0.4, -0.2) is 66.6 Å². The molecule has 0 aromatic heterocycles. The minimum absolute atomic E-state index is 0.723. The number of aryl methyl sites for hydroxylation is 2. The molecule has 0 spiro atoms. The van der Waals surface area contributed by atoms with E-state index in [1.807, 2.05) is 12.1 Å². The molecule has 260 valence electrons. The topological polar surface area (TPSA) is 77.3 Å². The fraction of sp³-hybridized carbons (Fsp3) is 0.622. The van der Waals surface area contributed by atoms with Gasteiger partial charge >= 0.3 is 300 Å². The number of hydrogen-bond acceptors (Lipinski definition) is 6. The second-order valence-corrected chi connectivity index (χ2v) is 56.2. The van der Waals surface area contributed by atoms with Gasteiger partial charge in [0.05, 0.1) is 0 Å². The molecule has 0 saturated heterocycles. The number of rotatable bonds is 22. The Morgan fingerprint density at radius 1 is 0.532 bits per heavy atom. The van der Waals surface area contributed by atoms with Gasteiger partial charge in [0.25, 0.3) is 0 Å². The van der Waals surface area contributed by atoms with Crippen LogP contribution < -0.4 is 0 Å². The van der Waals surface area contributed by atoms with E-state index < -0.39 is 54.4 Å². The van der Waals surface area contributed by atoms with Crippen molar-refractivity contribution in [3.63, 3.8) is 0 Å². The zero-order chi connectivity index (χ0) is 35.1. The average molecular weight is 889 g/mol. The molecular weight excluding hydrogens is 827 g/mol. The van der Waals surface area contributed by atoms with Crippen molar-refractivity contribution in [1.82, 2.24) is 0 Å². The summed E-state index contributed by atoms with van der Waals surface area (Å²) in [6.07, 6.45) is 15.5. The van der Waals surface area contributed by atoms with E-state index in [1.165, 1.54) is 60.2 Å². The van der Waals surface area contributed by atoms with Crippen molar-refractivity contribution in [2.45, 2.75) is 139 Å². The Kier molecular flexibility index (Phi) is 18.3. The third-order valence-electron chi connectivity index (χ3n) is 8.14. The van der Waals surface area contributed by atoms with Gasteiger partial charge in [-0.25, -0.2) is 0 Å². The third kappa shape index (κ3) is 18.7. The first kappa shape index (κ1) is 42.5. The molecule has 0 unspecified atom stereocenters. The van der Waals surface area contributed by atoms with E-state index in [0.29, 0.717) is 0 Å². The molecule has 0 aliphatic heterocycles. The van der Waals surface area contributed by atoms with Gasteiger partial charge in [-0.05, 0) is 0 Å². The molecule has 0 saturated carbocycles. The zero-order valence-electron chi connectivity index (χ0n) is 31.2. The molecule has 0 aliphatic rings. The van der Waals surface area contributed by atoms with Crippen LogP contribution in [-0.2, 0) is 34.4 Å². The SMILES string of the molecule is [CH3][Ge]([CH3])([CH3])[O][Ge]([CH3])([CH3])[CH2]CCCCCc1cc(Cc2ccc(N=C=O)c(CCCCC[CH2][Ge]([CH3])([CH3])[O][Ge]([CH3])([CH3])[CH3])c2)ccc1N=C=O. The number of aliphatic imine (C=N–C) groups is 2. The van der Waals surface area contributed by atoms with Crippen molar-refractivity contribution in [1.29, 1.82) is 0 Å². The van der Waals surface area contributed by atoms with Crippen LogP contribution in [0.25, 0.3) is 0 Å². The number of isocyanates is 2. The number of benzene rings is 2. The predicted octanol–water partition coefficient (Wildman–Crippen LogP) is 11.5. The Bertz CT molecular complexity index is 1270. The monoisotopic (exact) mass is 894 g/mol. The molecular formula is C37H62Ge4N2O4. The third-order valence-corrected chi connectivity index (χ3v) is 45.0. The number of hydrogen-bond donors (Lipinski definition) is 0. The molecule has 0 N–H and O–H groups in total. The first-order valence-corrected chi connectivity index (χ1v) is 45.1. The van der Waals surface area contributed by atoms with Crippen molar-refractivity contribution >= 4 is 77.9 Å². The maximum atomic E-state index is 11.1. The van der Waals surface area contributed by atoms with Gasteiger partial charge in [-0.3, -0.25) is 0 Å². The van der Waals surface area contributed by atoms with E-state index in [9.17, 15) is 9.59 Å². The van der Waals surface area contributed by atoms with E-state index in [4.69, 9.17) is 5.58 Å². The molecule has 47 heavy (non-hydrogen) atoms. The molecule has 0 fully saturated rings. The van der Waals surface area contributed by atoms with E-state index in [-0.39, 0.29) is 0 Å². The van der Waals surface area contributed by atoms with Gasteiger partial charge in [-0.1, -0.05) is 0 Å². The molecule has 0 atom stereocenters. The van der Waals surface area contributed by atoms with Crippen LogP contribution in [0.15, 0.2) is 46.4 Å². The molecule has 0 bridgehead atoms. The van der Waals surface area contributed by atoms with Crippen LogP contribution in [0, 0.1) is 0 Å². The van der Waals surface area contributed by atoms with Crippen LogP contribution in [0.1, 0.15) is 73.6 Å². The molecule has 6 nitrogen and oxygen atoms in total. The Morgan fingerprint density at radius 3 is 1.23 bits per heavy atom. The predicted molar refractivity (Wildman–Crippen MR) is 209 cm³/mol. The molecule has 0 radical (unpaired) electrons. The summed E-state index contributed by atoms with van der Waals surface area (Å²) in [5.74, 6) is 23.7. The molecule has 10 heteroatoms. The number of carbonyl (C=O) groups excluding carboxylic acids is 2. The van der Waals surface area contributed by atoms with Crippen molar-refractivity contribution in [3.8, 4) is 0 Å². The summed E-state index contributed by atoms with van der Waals surface area (Å²) in [5, 5.41) is 2.54. The molecule has 0 amide bonds. The molecule has 2 rings (SSSR count). The Hall–Kier alpha value is -0.709. The summed E-state index contributed by atoms with van der Waals surface area (Å²) >= 11 is -8.13. The van der Waals surface area contributed by atoms with E-state index in [1.54, 1.807) is 12.2 Å². The van der Waals surface area contributed by atoms with Crippen molar-refractivity contribution in [2.75, 3.05) is 0 Å². The molecule has 0 aliphatic carbocycles. The summed E-state index contributed by atoms with van der Waals surface area (Å²) in [5.41, 5.74) is 6.05. The van der Waals surface area contributed by atoms with Crippen molar-refractivity contribution < 1.29 is 15.2 Å². The minimum atomic E-state index is -2.10. The summed E-state index contributed by atoms with van der Waals surface area (Å²) in [6.45, 7) is 0. The Balaban J connectivity index is 1.97. The fourth-order valence-electron chi connectivity index (χ4n) is 6.65. The van der Waals surface area contributed by atoms with Crippen LogP contribution in [0.5, 0.6) is 0 Å². The first-order valence-electron chi connectivity index (χ1n) is 17.7. The van der Waals surface area contributed by atoms with Gasteiger partial charge in [0.2, 0.25) is 0 Å². The average Bonchev–Trinajstić information content (AvgIpc) is 2.92. The van der Waals surface area contributed by atoms with Crippen LogP contribution in [0.4, 0.5) is 11.4 Å². The zero-order valence-corrected chi connectivity index (χ0v) is 39.6. The van der Waals surface area contributed by atoms with Gasteiger partial charge in [0.1, 0.15) is 0 Å². The summed E-state index contributed by atoms with van der Waals surface area (Å²) in [4.78, 5) is 30.3. The maximum absolute atomic E-state index is 11.1. The fourth-order valence-corrected chi connectivity index (χ4v) is 57.0. The molecule has 2 aromatic carbocycles. The molecule has 2 aromatic rings. The Morgan fingerprint density at radius 2 is 0.894 bits per heavy atom. The second kappa shape index (κ2) is 20.2. The van der Waals surface area contributed by atoms with Crippen LogP contribution >= 0.6 is 0 Å². The molecule has 0 heterocycles.